The molecule has 0 aromatic heterocycles. The Morgan fingerprint density at radius 2 is 2.24 bits per heavy atom. The van der Waals surface area contributed by atoms with E-state index in [9.17, 15) is 8.42 Å². The van der Waals surface area contributed by atoms with Gasteiger partial charge in [-0.2, -0.15) is 0 Å². The number of rotatable bonds is 5. The first-order chi connectivity index (χ1) is 9.90. The maximum Gasteiger partial charge on any atom is 0.242 e. The molecular weight excluding hydrogens is 336 g/mol. The topological polar surface area (TPSA) is 90.7 Å². The fraction of sp³-hybridized carbons (Fsp3) is 0.417. The Balaban J connectivity index is 2.10. The van der Waals surface area contributed by atoms with Crippen molar-refractivity contribution in [2.75, 3.05) is 26.4 Å². The highest BCUT2D eigenvalue weighted by molar-refractivity contribution is 7.89. The van der Waals surface area contributed by atoms with Gasteiger partial charge in [-0.25, -0.2) is 13.1 Å². The van der Waals surface area contributed by atoms with Crippen molar-refractivity contribution >= 4 is 38.8 Å². The summed E-state index contributed by atoms with van der Waals surface area (Å²) in [5.74, 6) is 0. The van der Waals surface area contributed by atoms with Gasteiger partial charge >= 0.3 is 0 Å². The van der Waals surface area contributed by atoms with Crippen molar-refractivity contribution < 1.29 is 17.9 Å². The second-order valence-corrected chi connectivity index (χ2v) is 7.01. The third-order valence-corrected chi connectivity index (χ3v) is 5.03. The fourth-order valence-corrected chi connectivity index (χ4v) is 3.54. The van der Waals surface area contributed by atoms with Crippen LogP contribution in [0, 0.1) is 0 Å². The van der Waals surface area contributed by atoms with Crippen molar-refractivity contribution in [3.8, 4) is 0 Å². The highest BCUT2D eigenvalue weighted by atomic mass is 35.5. The number of benzene rings is 1. The van der Waals surface area contributed by atoms with E-state index in [1.54, 1.807) is 0 Å². The van der Waals surface area contributed by atoms with Gasteiger partial charge in [0, 0.05) is 12.1 Å². The number of hydrogen-bond donors (Lipinski definition) is 2. The van der Waals surface area contributed by atoms with Crippen LogP contribution in [0.4, 0.5) is 0 Å². The summed E-state index contributed by atoms with van der Waals surface area (Å²) in [5.41, 5.74) is 5.99. The van der Waals surface area contributed by atoms with Gasteiger partial charge in [0.2, 0.25) is 10.0 Å². The quantitative estimate of drug-likeness (QED) is 0.758. The van der Waals surface area contributed by atoms with Crippen LogP contribution < -0.4 is 10.5 Å². The van der Waals surface area contributed by atoms with Crippen molar-refractivity contribution in [1.29, 1.82) is 0 Å². The summed E-state index contributed by atoms with van der Waals surface area (Å²) in [5, 5.41) is 0.0635. The average molecular weight is 351 g/mol. The molecule has 21 heavy (non-hydrogen) atoms. The summed E-state index contributed by atoms with van der Waals surface area (Å²) in [6.45, 7) is 1.46. The van der Waals surface area contributed by atoms with Crippen LogP contribution in [0.2, 0.25) is 5.02 Å². The summed E-state index contributed by atoms with van der Waals surface area (Å²) in [6.07, 6.45) is -0.303. The van der Waals surface area contributed by atoms with E-state index in [-0.39, 0.29) is 27.6 Å². The number of nitrogens with two attached hydrogens (primary N) is 1. The van der Waals surface area contributed by atoms with Gasteiger partial charge < -0.3 is 15.2 Å². The molecule has 2 rings (SSSR count). The van der Waals surface area contributed by atoms with Crippen LogP contribution in [-0.4, -0.2) is 45.9 Å². The summed E-state index contributed by atoms with van der Waals surface area (Å²) in [7, 11) is -3.73. The Morgan fingerprint density at radius 1 is 1.48 bits per heavy atom. The van der Waals surface area contributed by atoms with Crippen LogP contribution in [0.5, 0.6) is 0 Å². The standard InChI is InChI=1S/C12H15ClN2O4S2/c13-10-5-8(12(14)20)1-2-11(10)21(16,17)15-6-9-7-18-3-4-19-9/h1-2,5,9,15H,3-4,6-7H2,(H2,14,20). The van der Waals surface area contributed by atoms with Gasteiger partial charge in [-0.3, -0.25) is 0 Å². The average Bonchev–Trinajstić information content (AvgIpc) is 2.46. The van der Waals surface area contributed by atoms with Crippen LogP contribution in [0.15, 0.2) is 23.1 Å². The fourth-order valence-electron chi connectivity index (χ4n) is 1.81. The van der Waals surface area contributed by atoms with E-state index in [1.165, 1.54) is 18.2 Å². The predicted molar refractivity (Wildman–Crippen MR) is 83.1 cm³/mol. The maximum atomic E-state index is 12.2. The third-order valence-electron chi connectivity index (χ3n) is 2.89. The molecule has 1 aliphatic heterocycles. The molecule has 1 atom stereocenters. The van der Waals surface area contributed by atoms with Gasteiger partial charge in [0.1, 0.15) is 9.88 Å². The first-order valence-corrected chi connectivity index (χ1v) is 8.45. The van der Waals surface area contributed by atoms with E-state index in [2.05, 4.69) is 4.72 Å². The SMILES string of the molecule is NC(=S)c1ccc(S(=O)(=O)NCC2COCCO2)c(Cl)c1. The molecule has 0 bridgehead atoms. The molecule has 6 nitrogen and oxygen atoms in total. The molecular formula is C12H15ClN2O4S2. The molecule has 1 unspecified atom stereocenters. The number of halogens is 1. The monoisotopic (exact) mass is 350 g/mol. The van der Waals surface area contributed by atoms with Gasteiger partial charge in [-0.1, -0.05) is 29.9 Å². The van der Waals surface area contributed by atoms with Crippen molar-refractivity contribution in [2.45, 2.75) is 11.0 Å². The van der Waals surface area contributed by atoms with Gasteiger partial charge in [-0.05, 0) is 12.1 Å². The molecule has 1 aromatic carbocycles. The lowest BCUT2D eigenvalue weighted by Crippen LogP contribution is -2.39. The molecule has 0 spiro atoms. The van der Waals surface area contributed by atoms with Crippen LogP contribution in [0.25, 0.3) is 0 Å². The lowest BCUT2D eigenvalue weighted by atomic mass is 10.2. The summed E-state index contributed by atoms with van der Waals surface area (Å²) in [6, 6.07) is 4.32. The normalized spacial score (nSPS) is 19.4. The van der Waals surface area contributed by atoms with E-state index in [4.69, 9.17) is 39.0 Å². The molecule has 1 saturated heterocycles. The van der Waals surface area contributed by atoms with Crippen LogP contribution in [-0.2, 0) is 19.5 Å². The molecule has 0 amide bonds. The largest absolute Gasteiger partial charge is 0.389 e. The molecule has 116 valence electrons. The van der Waals surface area contributed by atoms with Gasteiger partial charge in [0.05, 0.1) is 30.9 Å². The van der Waals surface area contributed by atoms with Crippen LogP contribution in [0.1, 0.15) is 5.56 Å². The second kappa shape index (κ2) is 6.99. The smallest absolute Gasteiger partial charge is 0.242 e. The summed E-state index contributed by atoms with van der Waals surface area (Å²) in [4.78, 5) is 0.127. The van der Waals surface area contributed by atoms with Gasteiger partial charge in [0.25, 0.3) is 0 Å². The minimum atomic E-state index is -3.73. The molecule has 0 saturated carbocycles. The highest BCUT2D eigenvalue weighted by Gasteiger charge is 2.22. The van der Waals surface area contributed by atoms with Crippen molar-refractivity contribution in [2.24, 2.45) is 5.73 Å². The molecule has 9 heteroatoms. The van der Waals surface area contributed by atoms with Gasteiger partial charge in [0.15, 0.2) is 0 Å². The highest BCUT2D eigenvalue weighted by Crippen LogP contribution is 2.22. The molecule has 0 radical (unpaired) electrons. The lowest BCUT2D eigenvalue weighted by molar-refractivity contribution is -0.0846. The zero-order chi connectivity index (χ0) is 15.5. The molecule has 0 aliphatic carbocycles. The van der Waals surface area contributed by atoms with E-state index in [1.807, 2.05) is 0 Å². The van der Waals surface area contributed by atoms with Crippen molar-refractivity contribution in [1.82, 2.24) is 4.72 Å². The minimum Gasteiger partial charge on any atom is -0.389 e. The van der Waals surface area contributed by atoms with Gasteiger partial charge in [-0.15, -0.1) is 0 Å². The number of thiocarbonyl (C=S) groups is 1. The van der Waals surface area contributed by atoms with E-state index in [0.717, 1.165) is 0 Å². The van der Waals surface area contributed by atoms with E-state index < -0.39 is 10.0 Å². The lowest BCUT2D eigenvalue weighted by Gasteiger charge is -2.23. The van der Waals surface area contributed by atoms with Crippen LogP contribution >= 0.6 is 23.8 Å². The Labute approximate surface area is 133 Å². The van der Waals surface area contributed by atoms with Crippen molar-refractivity contribution in [3.05, 3.63) is 28.8 Å². The Kier molecular flexibility index (Phi) is 5.53. The number of hydrogen-bond acceptors (Lipinski definition) is 5. The molecule has 1 aliphatic rings. The van der Waals surface area contributed by atoms with Crippen LogP contribution in [0.3, 0.4) is 0 Å². The zero-order valence-electron chi connectivity index (χ0n) is 11.0. The molecule has 3 N–H and O–H groups in total. The zero-order valence-corrected chi connectivity index (χ0v) is 13.4. The summed E-state index contributed by atoms with van der Waals surface area (Å²) >= 11 is 10.8. The Bertz CT molecular complexity index is 630. The minimum absolute atomic E-state index is 0.0269. The molecule has 1 fully saturated rings. The first kappa shape index (κ1) is 16.6. The third kappa shape index (κ3) is 4.35. The van der Waals surface area contributed by atoms with Crippen molar-refractivity contribution in [3.63, 3.8) is 0 Å². The van der Waals surface area contributed by atoms with E-state index in [0.29, 0.717) is 25.4 Å². The van der Waals surface area contributed by atoms with E-state index >= 15 is 0 Å². The number of nitrogens with one attached hydrogen (secondary N) is 1. The Hall–Kier alpha value is -0.770. The first-order valence-electron chi connectivity index (χ1n) is 6.18. The Morgan fingerprint density at radius 3 is 2.81 bits per heavy atom. The molecule has 1 heterocycles. The summed E-state index contributed by atoms with van der Waals surface area (Å²) < 4.78 is 37.5. The number of ether oxygens (including phenoxy) is 2. The predicted octanol–water partition coefficient (Wildman–Crippen LogP) is 0.668. The molecule has 1 aromatic rings. The second-order valence-electron chi connectivity index (χ2n) is 4.43. The number of sulfonamides is 1. The maximum absolute atomic E-state index is 12.2.